The molecule has 0 radical (unpaired) electrons. The average molecular weight is 340 g/mol. The van der Waals surface area contributed by atoms with E-state index in [1.165, 1.54) is 17.4 Å². The fourth-order valence-electron chi connectivity index (χ4n) is 1.95. The zero-order valence-corrected chi connectivity index (χ0v) is 12.7. The van der Waals surface area contributed by atoms with Crippen molar-refractivity contribution in [1.82, 2.24) is 15.5 Å². The van der Waals surface area contributed by atoms with Crippen molar-refractivity contribution < 1.29 is 18.7 Å². The highest BCUT2D eigenvalue weighted by Crippen LogP contribution is 2.41. The number of nitrogens with one attached hydrogen (secondary N) is 2. The first kappa shape index (κ1) is 15.8. The summed E-state index contributed by atoms with van der Waals surface area (Å²) in [7, 11) is 0. The molecule has 1 aromatic carbocycles. The van der Waals surface area contributed by atoms with E-state index in [9.17, 15) is 18.7 Å². The summed E-state index contributed by atoms with van der Waals surface area (Å²) in [5, 5.41) is 24.0. The predicted molar refractivity (Wildman–Crippen MR) is 80.2 cm³/mol. The second-order valence-corrected chi connectivity index (χ2v) is 6.25. The van der Waals surface area contributed by atoms with E-state index in [2.05, 4.69) is 20.8 Å². The van der Waals surface area contributed by atoms with Gasteiger partial charge >= 0.3 is 6.03 Å². The number of hydrogen-bond donors (Lipinski definition) is 3. The molecule has 3 rings (SSSR count). The molecule has 0 saturated heterocycles. The number of aliphatic hydroxyl groups excluding tert-OH is 1. The lowest BCUT2D eigenvalue weighted by Crippen LogP contribution is -2.32. The third kappa shape index (κ3) is 3.99. The summed E-state index contributed by atoms with van der Waals surface area (Å²) in [6, 6.07) is 2.53. The van der Waals surface area contributed by atoms with Gasteiger partial charge in [0.2, 0.25) is 5.13 Å². The Bertz CT molecular complexity index is 721. The molecule has 3 N–H and O–H groups in total. The van der Waals surface area contributed by atoms with Crippen LogP contribution in [-0.2, 0) is 0 Å². The van der Waals surface area contributed by atoms with Gasteiger partial charge in [0.25, 0.3) is 0 Å². The number of aromatic nitrogens is 2. The lowest BCUT2D eigenvalue weighted by atomic mass is 10.1. The molecule has 2 amide bonds. The molecule has 0 aliphatic heterocycles. The van der Waals surface area contributed by atoms with Crippen LogP contribution in [0.1, 0.15) is 35.4 Å². The largest absolute Gasteiger partial charge is 0.387 e. The van der Waals surface area contributed by atoms with E-state index < -0.39 is 23.8 Å². The smallest absolute Gasteiger partial charge is 0.321 e. The van der Waals surface area contributed by atoms with Crippen LogP contribution in [0.25, 0.3) is 0 Å². The van der Waals surface area contributed by atoms with Gasteiger partial charge in [0.05, 0.1) is 6.10 Å². The average Bonchev–Trinajstić information content (AvgIpc) is 3.28. The molecular weight excluding hydrogens is 326 g/mol. The number of carbonyl (C=O) groups excluding carboxylic acids is 1. The molecule has 0 spiro atoms. The summed E-state index contributed by atoms with van der Waals surface area (Å²) in [6.07, 6.45) is 1.05. The Morgan fingerprint density at radius 3 is 2.83 bits per heavy atom. The molecule has 1 aromatic heterocycles. The number of rotatable bonds is 5. The Morgan fingerprint density at radius 1 is 1.35 bits per heavy atom. The Morgan fingerprint density at radius 2 is 2.13 bits per heavy atom. The van der Waals surface area contributed by atoms with Gasteiger partial charge in [-0.05, 0) is 30.5 Å². The third-order valence-electron chi connectivity index (χ3n) is 3.37. The molecule has 6 nitrogen and oxygen atoms in total. The molecule has 122 valence electrons. The van der Waals surface area contributed by atoms with Crippen LogP contribution in [0.3, 0.4) is 0 Å². The molecule has 2 aromatic rings. The number of benzene rings is 1. The van der Waals surface area contributed by atoms with Crippen molar-refractivity contribution >= 4 is 22.5 Å². The fraction of sp³-hybridized carbons (Fsp3) is 0.357. The van der Waals surface area contributed by atoms with Gasteiger partial charge < -0.3 is 10.4 Å². The van der Waals surface area contributed by atoms with Gasteiger partial charge in [-0.2, -0.15) is 0 Å². The summed E-state index contributed by atoms with van der Waals surface area (Å²) in [5.74, 6) is -1.58. The topological polar surface area (TPSA) is 87.1 Å². The van der Waals surface area contributed by atoms with Crippen molar-refractivity contribution in [3.8, 4) is 0 Å². The summed E-state index contributed by atoms with van der Waals surface area (Å²) >= 11 is 1.32. The van der Waals surface area contributed by atoms with Crippen LogP contribution in [0.15, 0.2) is 18.2 Å². The number of amides is 2. The predicted octanol–water partition coefficient (Wildman–Crippen LogP) is 2.55. The highest BCUT2D eigenvalue weighted by molar-refractivity contribution is 7.15. The molecule has 1 aliphatic carbocycles. The van der Waals surface area contributed by atoms with Crippen LogP contribution in [-0.4, -0.2) is 27.9 Å². The van der Waals surface area contributed by atoms with Gasteiger partial charge in [0.15, 0.2) is 11.6 Å². The molecule has 1 unspecified atom stereocenters. The maximum atomic E-state index is 13.1. The molecule has 9 heteroatoms. The van der Waals surface area contributed by atoms with E-state index in [0.29, 0.717) is 11.0 Å². The first-order valence-electron chi connectivity index (χ1n) is 7.04. The lowest BCUT2D eigenvalue weighted by Gasteiger charge is -2.12. The zero-order valence-electron chi connectivity index (χ0n) is 11.9. The minimum absolute atomic E-state index is 0.148. The maximum Gasteiger partial charge on any atom is 0.321 e. The van der Waals surface area contributed by atoms with E-state index in [4.69, 9.17) is 0 Å². The molecule has 1 fully saturated rings. The maximum absolute atomic E-state index is 13.1. The van der Waals surface area contributed by atoms with Crippen LogP contribution in [0.5, 0.6) is 0 Å². The van der Waals surface area contributed by atoms with Gasteiger partial charge in [-0.25, -0.2) is 13.6 Å². The standard InChI is InChI=1S/C14H14F2N4O2S/c15-9-4-3-8(5-10(9)16)11(21)6-17-13(22)18-14-20-19-12(23-14)7-1-2-7/h3-5,7,11,21H,1-2,6H2,(H2,17,18,20,22). The number of hydrogen-bond acceptors (Lipinski definition) is 5. The highest BCUT2D eigenvalue weighted by atomic mass is 32.1. The number of aliphatic hydroxyl groups is 1. The minimum Gasteiger partial charge on any atom is -0.387 e. The van der Waals surface area contributed by atoms with E-state index in [-0.39, 0.29) is 12.1 Å². The molecule has 23 heavy (non-hydrogen) atoms. The van der Waals surface area contributed by atoms with E-state index >= 15 is 0 Å². The van der Waals surface area contributed by atoms with E-state index in [1.54, 1.807) is 0 Å². The molecular formula is C14H14F2N4O2S. The van der Waals surface area contributed by atoms with Crippen molar-refractivity contribution in [2.24, 2.45) is 0 Å². The minimum atomic E-state index is -1.15. The normalized spacial score (nSPS) is 15.3. The van der Waals surface area contributed by atoms with Gasteiger partial charge in [-0.15, -0.1) is 10.2 Å². The van der Waals surface area contributed by atoms with Gasteiger partial charge in [-0.1, -0.05) is 17.4 Å². The van der Waals surface area contributed by atoms with Crippen LogP contribution >= 0.6 is 11.3 Å². The van der Waals surface area contributed by atoms with Gasteiger partial charge in [-0.3, -0.25) is 5.32 Å². The molecule has 1 saturated carbocycles. The van der Waals surface area contributed by atoms with Gasteiger partial charge in [0, 0.05) is 12.5 Å². The first-order chi connectivity index (χ1) is 11.0. The number of nitrogens with zero attached hydrogens (tertiary/aromatic N) is 2. The number of halogens is 2. The first-order valence-corrected chi connectivity index (χ1v) is 7.86. The summed E-state index contributed by atoms with van der Waals surface area (Å²) in [6.45, 7) is -0.148. The van der Waals surface area contributed by atoms with Crippen LogP contribution in [0.2, 0.25) is 0 Å². The van der Waals surface area contributed by atoms with Crippen molar-refractivity contribution in [2.75, 3.05) is 11.9 Å². The second kappa shape index (κ2) is 6.55. The Hall–Kier alpha value is -2.13. The Balaban J connectivity index is 1.50. The highest BCUT2D eigenvalue weighted by Gasteiger charge is 2.27. The third-order valence-corrected chi connectivity index (χ3v) is 4.37. The molecule has 1 atom stereocenters. The molecule has 0 bridgehead atoms. The van der Waals surface area contributed by atoms with Crippen molar-refractivity contribution in [3.63, 3.8) is 0 Å². The number of carbonyl (C=O) groups is 1. The monoisotopic (exact) mass is 340 g/mol. The second-order valence-electron chi connectivity index (χ2n) is 5.24. The molecule has 1 aliphatic rings. The lowest BCUT2D eigenvalue weighted by molar-refractivity contribution is 0.174. The fourth-order valence-corrected chi connectivity index (χ4v) is 2.86. The Labute approximate surface area is 134 Å². The quantitative estimate of drug-likeness (QED) is 0.781. The van der Waals surface area contributed by atoms with Crippen molar-refractivity contribution in [2.45, 2.75) is 24.9 Å². The van der Waals surface area contributed by atoms with Crippen LogP contribution < -0.4 is 10.6 Å². The summed E-state index contributed by atoms with van der Waals surface area (Å²) in [5.41, 5.74) is 0.177. The van der Waals surface area contributed by atoms with E-state index in [0.717, 1.165) is 30.0 Å². The van der Waals surface area contributed by atoms with Crippen LogP contribution in [0.4, 0.5) is 18.7 Å². The SMILES string of the molecule is O=C(NCC(O)c1ccc(F)c(F)c1)Nc1nnc(C2CC2)s1. The van der Waals surface area contributed by atoms with Crippen LogP contribution in [0, 0.1) is 11.6 Å². The summed E-state index contributed by atoms with van der Waals surface area (Å²) in [4.78, 5) is 11.7. The van der Waals surface area contributed by atoms with E-state index in [1.807, 2.05) is 0 Å². The van der Waals surface area contributed by atoms with Crippen molar-refractivity contribution in [3.05, 3.63) is 40.4 Å². The number of anilines is 1. The Kier molecular flexibility index (Phi) is 4.49. The number of urea groups is 1. The zero-order chi connectivity index (χ0) is 16.4. The molecule has 1 heterocycles. The van der Waals surface area contributed by atoms with Crippen molar-refractivity contribution in [1.29, 1.82) is 0 Å². The van der Waals surface area contributed by atoms with Gasteiger partial charge in [0.1, 0.15) is 5.01 Å². The summed E-state index contributed by atoms with van der Waals surface area (Å²) < 4.78 is 25.9.